The Kier molecular flexibility index (Phi) is 14.0. The lowest BCUT2D eigenvalue weighted by atomic mass is 10.1. The Morgan fingerprint density at radius 3 is 2.40 bits per heavy atom. The van der Waals surface area contributed by atoms with Crippen molar-refractivity contribution in [2.45, 2.75) is 51.8 Å². The molecule has 1 saturated heterocycles. The summed E-state index contributed by atoms with van der Waals surface area (Å²) in [4.78, 5) is 51.3. The van der Waals surface area contributed by atoms with E-state index in [1.807, 2.05) is 30.3 Å². The Balaban J connectivity index is 1.45. The van der Waals surface area contributed by atoms with Crippen LogP contribution in [0, 0.1) is 0 Å². The van der Waals surface area contributed by atoms with Gasteiger partial charge in [0.1, 0.15) is 12.6 Å². The summed E-state index contributed by atoms with van der Waals surface area (Å²) in [6, 6.07) is 15.4. The van der Waals surface area contributed by atoms with Crippen LogP contribution in [0.2, 0.25) is 0 Å². The van der Waals surface area contributed by atoms with Crippen LogP contribution in [-0.2, 0) is 30.4 Å². The van der Waals surface area contributed by atoms with Gasteiger partial charge in [-0.2, -0.15) is 0 Å². The van der Waals surface area contributed by atoms with Crippen molar-refractivity contribution in [2.24, 2.45) is 0 Å². The molecule has 0 aromatic heterocycles. The molecule has 0 spiro atoms. The second-order valence-electron chi connectivity index (χ2n) is 10.1. The highest BCUT2D eigenvalue weighted by Crippen LogP contribution is 2.14. The first kappa shape index (κ1) is 33.1. The van der Waals surface area contributed by atoms with Crippen LogP contribution in [0.1, 0.15) is 49.0 Å². The number of anilines is 1. The van der Waals surface area contributed by atoms with Crippen molar-refractivity contribution in [1.29, 1.82) is 0 Å². The zero-order valence-corrected chi connectivity index (χ0v) is 24.9. The third-order valence-electron chi connectivity index (χ3n) is 6.71. The molecule has 0 aliphatic carbocycles. The number of nitrogens with zero attached hydrogens (tertiary/aromatic N) is 1. The maximum atomic E-state index is 13.0. The maximum Gasteiger partial charge on any atom is 0.407 e. The number of alkyl carbamates (subject to hydrolysis) is 1. The Morgan fingerprint density at radius 2 is 1.70 bits per heavy atom. The lowest BCUT2D eigenvalue weighted by molar-refractivity contribution is -0.137. The highest BCUT2D eigenvalue weighted by Gasteiger charge is 2.20. The number of hydrogen-bond donors (Lipinski definition) is 3. The van der Waals surface area contributed by atoms with Crippen LogP contribution >= 0.6 is 0 Å². The molecule has 3 N–H and O–H groups in total. The number of ether oxygens (including phenoxy) is 3. The first-order valence-corrected chi connectivity index (χ1v) is 14.7. The minimum absolute atomic E-state index is 0.0452. The van der Waals surface area contributed by atoms with Crippen LogP contribution in [0.25, 0.3) is 0 Å². The minimum atomic E-state index is -0.583. The number of amides is 3. The fraction of sp³-hybridized carbons (Fsp3) is 0.438. The lowest BCUT2D eigenvalue weighted by Crippen LogP contribution is -2.42. The van der Waals surface area contributed by atoms with Crippen LogP contribution in [-0.4, -0.2) is 80.3 Å². The highest BCUT2D eigenvalue weighted by atomic mass is 16.5. The normalized spacial score (nSPS) is 14.4. The van der Waals surface area contributed by atoms with Crippen LogP contribution in [0.4, 0.5) is 10.5 Å². The van der Waals surface area contributed by atoms with Crippen LogP contribution in [0.3, 0.4) is 0 Å². The molecular formula is C32H42N4O7. The molecule has 11 nitrogen and oxygen atoms in total. The van der Waals surface area contributed by atoms with Crippen molar-refractivity contribution in [2.75, 3.05) is 44.8 Å². The molecule has 0 bridgehead atoms. The predicted octanol–water partition coefficient (Wildman–Crippen LogP) is 3.66. The second-order valence-corrected chi connectivity index (χ2v) is 10.1. The number of unbranched alkanes of at least 4 members (excludes halogenated alkanes) is 1. The molecule has 1 heterocycles. The van der Waals surface area contributed by atoms with Gasteiger partial charge in [0.15, 0.2) is 0 Å². The van der Waals surface area contributed by atoms with Gasteiger partial charge in [0.05, 0.1) is 19.8 Å². The van der Waals surface area contributed by atoms with E-state index in [1.54, 1.807) is 49.1 Å². The summed E-state index contributed by atoms with van der Waals surface area (Å²) in [7, 11) is 0. The number of carbonyl (C=O) groups is 4. The predicted molar refractivity (Wildman–Crippen MR) is 162 cm³/mol. The van der Waals surface area contributed by atoms with Crippen molar-refractivity contribution >= 4 is 29.6 Å². The molecule has 2 aromatic carbocycles. The summed E-state index contributed by atoms with van der Waals surface area (Å²) in [5, 5.41) is 8.85. The Morgan fingerprint density at radius 1 is 0.977 bits per heavy atom. The molecule has 0 radical (unpaired) electrons. The van der Waals surface area contributed by atoms with E-state index < -0.39 is 24.1 Å². The van der Waals surface area contributed by atoms with Crippen molar-refractivity contribution in [3.8, 4) is 0 Å². The SMILES string of the molecule is CCOC(=O)/C=C/[C@H](CCCCNC(=O)OCc1ccccc1)NC(=O)[C@H](C)Nc1ccc(C(=O)N2CCOCC2)cc1. The number of benzene rings is 2. The van der Waals surface area contributed by atoms with Crippen molar-refractivity contribution in [3.63, 3.8) is 0 Å². The quantitative estimate of drug-likeness (QED) is 0.162. The molecule has 3 amide bonds. The number of hydrogen-bond acceptors (Lipinski definition) is 8. The molecule has 1 aliphatic heterocycles. The van der Waals surface area contributed by atoms with E-state index in [-0.39, 0.29) is 25.0 Å². The zero-order chi connectivity index (χ0) is 30.9. The first-order valence-electron chi connectivity index (χ1n) is 14.7. The number of carbonyl (C=O) groups excluding carboxylic acids is 4. The first-order chi connectivity index (χ1) is 20.9. The van der Waals surface area contributed by atoms with Crippen molar-refractivity contribution < 1.29 is 33.4 Å². The van der Waals surface area contributed by atoms with Gasteiger partial charge in [-0.1, -0.05) is 36.4 Å². The highest BCUT2D eigenvalue weighted by molar-refractivity contribution is 5.94. The van der Waals surface area contributed by atoms with Crippen LogP contribution < -0.4 is 16.0 Å². The van der Waals surface area contributed by atoms with E-state index in [9.17, 15) is 19.2 Å². The van der Waals surface area contributed by atoms with Gasteiger partial charge >= 0.3 is 12.1 Å². The summed E-state index contributed by atoms with van der Waals surface area (Å²) >= 11 is 0. The molecule has 2 atom stereocenters. The molecule has 0 saturated carbocycles. The molecule has 1 fully saturated rings. The average Bonchev–Trinajstić information content (AvgIpc) is 3.03. The number of esters is 1. The van der Waals surface area contributed by atoms with Gasteiger partial charge in [-0.25, -0.2) is 9.59 Å². The Bertz CT molecular complexity index is 1200. The molecule has 3 rings (SSSR count). The second kappa shape index (κ2) is 18.2. The largest absolute Gasteiger partial charge is 0.463 e. The Labute approximate surface area is 252 Å². The van der Waals surface area contributed by atoms with Gasteiger partial charge in [0.25, 0.3) is 5.91 Å². The van der Waals surface area contributed by atoms with Gasteiger partial charge in [-0.3, -0.25) is 9.59 Å². The van der Waals surface area contributed by atoms with E-state index >= 15 is 0 Å². The summed E-state index contributed by atoms with van der Waals surface area (Å²) in [6.07, 6.45) is 4.33. The third kappa shape index (κ3) is 12.2. The molecular weight excluding hydrogens is 552 g/mol. The maximum absolute atomic E-state index is 13.0. The molecule has 11 heteroatoms. The summed E-state index contributed by atoms with van der Waals surface area (Å²) in [5.41, 5.74) is 2.18. The van der Waals surface area contributed by atoms with E-state index in [4.69, 9.17) is 14.2 Å². The minimum Gasteiger partial charge on any atom is -0.463 e. The fourth-order valence-corrected chi connectivity index (χ4v) is 4.34. The zero-order valence-electron chi connectivity index (χ0n) is 24.9. The molecule has 232 valence electrons. The molecule has 0 unspecified atom stereocenters. The Hall–Kier alpha value is -4.38. The van der Waals surface area contributed by atoms with E-state index in [0.29, 0.717) is 63.4 Å². The summed E-state index contributed by atoms with van der Waals surface area (Å²) in [5.74, 6) is -0.784. The van der Waals surface area contributed by atoms with Crippen molar-refractivity contribution in [3.05, 3.63) is 77.9 Å². The van der Waals surface area contributed by atoms with E-state index in [1.165, 1.54) is 6.08 Å². The van der Waals surface area contributed by atoms with Gasteiger partial charge in [0, 0.05) is 43.0 Å². The van der Waals surface area contributed by atoms with E-state index in [2.05, 4.69) is 16.0 Å². The summed E-state index contributed by atoms with van der Waals surface area (Å²) in [6.45, 7) is 6.54. The fourth-order valence-electron chi connectivity index (χ4n) is 4.34. The smallest absolute Gasteiger partial charge is 0.407 e. The van der Waals surface area contributed by atoms with Crippen LogP contribution in [0.15, 0.2) is 66.7 Å². The summed E-state index contributed by atoms with van der Waals surface area (Å²) < 4.78 is 15.5. The lowest BCUT2D eigenvalue weighted by Gasteiger charge is -2.27. The van der Waals surface area contributed by atoms with Gasteiger partial charge in [-0.15, -0.1) is 0 Å². The van der Waals surface area contributed by atoms with Gasteiger partial charge < -0.3 is 35.1 Å². The topological polar surface area (TPSA) is 135 Å². The standard InChI is InChI=1S/C32H42N4O7/c1-3-42-29(37)17-16-27(11-7-8-18-33-32(40)43-23-25-9-5-4-6-10-25)35-30(38)24(2)34-28-14-12-26(13-15-28)31(39)36-19-21-41-22-20-36/h4-6,9-10,12-17,24,27,34H,3,7-8,11,18-23H2,1-2H3,(H,33,40)(H,35,38)/b17-16+/t24-,27-/m0/s1. The molecule has 43 heavy (non-hydrogen) atoms. The van der Waals surface area contributed by atoms with Gasteiger partial charge in [0.2, 0.25) is 5.91 Å². The third-order valence-corrected chi connectivity index (χ3v) is 6.71. The number of morpholine rings is 1. The average molecular weight is 595 g/mol. The number of nitrogens with one attached hydrogen (secondary N) is 3. The van der Waals surface area contributed by atoms with E-state index in [0.717, 1.165) is 5.56 Å². The number of rotatable bonds is 15. The van der Waals surface area contributed by atoms with Crippen molar-refractivity contribution in [1.82, 2.24) is 15.5 Å². The molecule has 2 aromatic rings. The molecule has 1 aliphatic rings. The monoisotopic (exact) mass is 594 g/mol. The van der Waals surface area contributed by atoms with Crippen LogP contribution in [0.5, 0.6) is 0 Å². The van der Waals surface area contributed by atoms with Gasteiger partial charge in [-0.05, 0) is 62.9 Å².